The number of carbonyl (C=O) groups is 1. The summed E-state index contributed by atoms with van der Waals surface area (Å²) in [6.45, 7) is 4.81. The zero-order valence-electron chi connectivity index (χ0n) is 18.4. The van der Waals surface area contributed by atoms with Crippen molar-refractivity contribution in [1.82, 2.24) is 35.2 Å². The molecule has 1 fully saturated rings. The van der Waals surface area contributed by atoms with Crippen LogP contribution in [0.4, 0.5) is 0 Å². The van der Waals surface area contributed by atoms with Gasteiger partial charge in [-0.15, -0.1) is 5.10 Å². The van der Waals surface area contributed by atoms with Crippen molar-refractivity contribution in [3.63, 3.8) is 0 Å². The lowest BCUT2D eigenvalue weighted by Gasteiger charge is -2.34. The predicted molar refractivity (Wildman–Crippen MR) is 127 cm³/mol. The molecule has 1 saturated heterocycles. The summed E-state index contributed by atoms with van der Waals surface area (Å²) in [5, 5.41) is 17.4. The maximum atomic E-state index is 13.4. The van der Waals surface area contributed by atoms with Crippen LogP contribution in [0.2, 0.25) is 10.0 Å². The normalized spacial score (nSPS) is 14.5. The Kier molecular flexibility index (Phi) is 6.32. The second-order valence-electron chi connectivity index (χ2n) is 7.99. The Labute approximate surface area is 205 Å². The molecule has 0 atom stereocenters. The van der Waals surface area contributed by atoms with E-state index in [4.69, 9.17) is 27.7 Å². The van der Waals surface area contributed by atoms with Crippen molar-refractivity contribution in [1.29, 1.82) is 0 Å². The van der Waals surface area contributed by atoms with Crippen LogP contribution in [0.15, 0.2) is 53.1 Å². The van der Waals surface area contributed by atoms with Crippen LogP contribution in [0.3, 0.4) is 0 Å². The van der Waals surface area contributed by atoms with E-state index in [2.05, 4.69) is 25.6 Å². The van der Waals surface area contributed by atoms with Gasteiger partial charge in [0.15, 0.2) is 5.82 Å². The van der Waals surface area contributed by atoms with E-state index in [-0.39, 0.29) is 5.91 Å². The fourth-order valence-corrected chi connectivity index (χ4v) is 4.37. The van der Waals surface area contributed by atoms with Gasteiger partial charge < -0.3 is 9.42 Å². The van der Waals surface area contributed by atoms with Crippen molar-refractivity contribution in [2.24, 2.45) is 0 Å². The Morgan fingerprint density at radius 3 is 2.50 bits per heavy atom. The van der Waals surface area contributed by atoms with Crippen LogP contribution in [0.1, 0.15) is 21.9 Å². The van der Waals surface area contributed by atoms with Gasteiger partial charge in [-0.1, -0.05) is 46.6 Å². The van der Waals surface area contributed by atoms with Gasteiger partial charge in [-0.3, -0.25) is 9.69 Å². The number of tetrazole rings is 1. The smallest absolute Gasteiger partial charge is 0.259 e. The number of amides is 1. The van der Waals surface area contributed by atoms with E-state index in [1.165, 1.54) is 0 Å². The standard InChI is InChI=1S/C23H21Cl2N7O2/c1-15-21(22(27-34-15)18-4-2-3-5-19(18)25)23(33)31-12-10-30(11-13-31)14-20-26-28-29-32(20)17-8-6-16(24)7-9-17/h2-9H,10-14H2,1H3. The third-order valence-electron chi connectivity index (χ3n) is 5.84. The molecule has 0 aliphatic carbocycles. The molecule has 5 rings (SSSR count). The summed E-state index contributed by atoms with van der Waals surface area (Å²) in [6.07, 6.45) is 0. The van der Waals surface area contributed by atoms with Crippen LogP contribution in [0, 0.1) is 6.92 Å². The molecular weight excluding hydrogens is 477 g/mol. The fourth-order valence-electron chi connectivity index (χ4n) is 4.02. The number of hydrogen-bond donors (Lipinski definition) is 0. The minimum atomic E-state index is -0.112. The second kappa shape index (κ2) is 9.54. The quantitative estimate of drug-likeness (QED) is 0.412. The van der Waals surface area contributed by atoms with Crippen molar-refractivity contribution in [2.45, 2.75) is 13.5 Å². The number of carbonyl (C=O) groups excluding carboxylic acids is 1. The molecule has 174 valence electrons. The zero-order valence-corrected chi connectivity index (χ0v) is 19.9. The van der Waals surface area contributed by atoms with E-state index in [1.54, 1.807) is 29.8 Å². The Morgan fingerprint density at radius 1 is 1.03 bits per heavy atom. The molecule has 11 heteroatoms. The lowest BCUT2D eigenvalue weighted by atomic mass is 10.0. The molecule has 1 aliphatic rings. The summed E-state index contributed by atoms with van der Waals surface area (Å²) in [7, 11) is 0. The van der Waals surface area contributed by atoms with Gasteiger partial charge in [-0.2, -0.15) is 4.68 Å². The molecule has 2 aromatic carbocycles. The summed E-state index contributed by atoms with van der Waals surface area (Å²) >= 11 is 12.3. The molecule has 34 heavy (non-hydrogen) atoms. The van der Waals surface area contributed by atoms with E-state index in [9.17, 15) is 4.79 Å². The van der Waals surface area contributed by atoms with E-state index in [0.29, 0.717) is 65.4 Å². The molecule has 0 radical (unpaired) electrons. The highest BCUT2D eigenvalue weighted by Gasteiger charge is 2.29. The van der Waals surface area contributed by atoms with Crippen LogP contribution in [-0.4, -0.2) is 67.2 Å². The highest BCUT2D eigenvalue weighted by Crippen LogP contribution is 2.32. The number of rotatable bonds is 5. The Hall–Kier alpha value is -3.27. The van der Waals surface area contributed by atoms with Crippen LogP contribution in [-0.2, 0) is 6.54 Å². The van der Waals surface area contributed by atoms with Crippen molar-refractivity contribution in [2.75, 3.05) is 26.2 Å². The monoisotopic (exact) mass is 497 g/mol. The van der Waals surface area contributed by atoms with Gasteiger partial charge in [0.2, 0.25) is 0 Å². The molecule has 9 nitrogen and oxygen atoms in total. The SMILES string of the molecule is Cc1onc(-c2ccccc2Cl)c1C(=O)N1CCN(Cc2nnnn2-c2ccc(Cl)cc2)CC1. The van der Waals surface area contributed by atoms with Crippen LogP contribution in [0.5, 0.6) is 0 Å². The lowest BCUT2D eigenvalue weighted by Crippen LogP contribution is -2.48. The first-order valence-electron chi connectivity index (χ1n) is 10.8. The number of nitrogens with zero attached hydrogens (tertiary/aromatic N) is 7. The minimum absolute atomic E-state index is 0.112. The third-order valence-corrected chi connectivity index (χ3v) is 6.42. The molecular formula is C23H21Cl2N7O2. The van der Waals surface area contributed by atoms with Crippen molar-refractivity contribution >= 4 is 29.1 Å². The van der Waals surface area contributed by atoms with Crippen molar-refractivity contribution in [3.05, 3.63) is 75.7 Å². The Bertz CT molecular complexity index is 1310. The largest absolute Gasteiger partial charge is 0.360 e. The average molecular weight is 498 g/mol. The molecule has 0 bridgehead atoms. The highest BCUT2D eigenvalue weighted by atomic mass is 35.5. The van der Waals surface area contributed by atoms with E-state index >= 15 is 0 Å². The maximum Gasteiger partial charge on any atom is 0.259 e. The summed E-state index contributed by atoms with van der Waals surface area (Å²) in [5.74, 6) is 1.08. The number of piperazine rings is 1. The first-order chi connectivity index (χ1) is 16.5. The van der Waals surface area contributed by atoms with Gasteiger partial charge in [0.25, 0.3) is 5.91 Å². The summed E-state index contributed by atoms with van der Waals surface area (Å²) in [6, 6.07) is 14.6. The van der Waals surface area contributed by atoms with Crippen LogP contribution >= 0.6 is 23.2 Å². The van der Waals surface area contributed by atoms with Gasteiger partial charge in [-0.25, -0.2) is 0 Å². The van der Waals surface area contributed by atoms with Gasteiger partial charge in [-0.05, 0) is 47.7 Å². The van der Waals surface area contributed by atoms with E-state index in [1.807, 2.05) is 35.2 Å². The fraction of sp³-hybridized carbons (Fsp3) is 0.261. The molecule has 0 spiro atoms. The summed E-state index contributed by atoms with van der Waals surface area (Å²) in [4.78, 5) is 17.4. The number of hydrogen-bond acceptors (Lipinski definition) is 7. The molecule has 2 aromatic heterocycles. The van der Waals surface area contributed by atoms with Gasteiger partial charge in [0, 0.05) is 36.8 Å². The molecule has 1 aliphatic heterocycles. The van der Waals surface area contributed by atoms with E-state index in [0.717, 1.165) is 11.5 Å². The van der Waals surface area contributed by atoms with Crippen molar-refractivity contribution < 1.29 is 9.32 Å². The molecule has 0 saturated carbocycles. The maximum absolute atomic E-state index is 13.4. The zero-order chi connectivity index (χ0) is 23.7. The number of aryl methyl sites for hydroxylation is 1. The second-order valence-corrected chi connectivity index (χ2v) is 8.84. The number of halogens is 2. The Balaban J connectivity index is 1.27. The molecule has 1 amide bonds. The summed E-state index contributed by atoms with van der Waals surface area (Å²) < 4.78 is 7.07. The summed E-state index contributed by atoms with van der Waals surface area (Å²) in [5.41, 5.74) is 2.44. The topological polar surface area (TPSA) is 93.2 Å². The number of benzene rings is 2. The molecule has 0 unspecified atom stereocenters. The van der Waals surface area contributed by atoms with Crippen LogP contribution < -0.4 is 0 Å². The average Bonchev–Trinajstić information content (AvgIpc) is 3.46. The first-order valence-corrected chi connectivity index (χ1v) is 11.5. The Morgan fingerprint density at radius 2 is 1.76 bits per heavy atom. The number of aromatic nitrogens is 5. The molecule has 3 heterocycles. The predicted octanol–water partition coefficient (Wildman–Crippen LogP) is 3.89. The van der Waals surface area contributed by atoms with E-state index < -0.39 is 0 Å². The van der Waals surface area contributed by atoms with Crippen LogP contribution in [0.25, 0.3) is 16.9 Å². The van der Waals surface area contributed by atoms with Gasteiger partial charge in [0.1, 0.15) is 17.0 Å². The van der Waals surface area contributed by atoms with Crippen molar-refractivity contribution in [3.8, 4) is 16.9 Å². The van der Waals surface area contributed by atoms with Gasteiger partial charge >= 0.3 is 0 Å². The van der Waals surface area contributed by atoms with Gasteiger partial charge in [0.05, 0.1) is 17.3 Å². The first kappa shape index (κ1) is 22.5. The minimum Gasteiger partial charge on any atom is -0.360 e. The lowest BCUT2D eigenvalue weighted by molar-refractivity contribution is 0.0623. The highest BCUT2D eigenvalue weighted by molar-refractivity contribution is 6.33. The third kappa shape index (κ3) is 4.42. The molecule has 0 N–H and O–H groups in total. The molecule has 4 aromatic rings.